The number of nitrogens with zero attached hydrogens (tertiary/aromatic N) is 1. The Balaban J connectivity index is 0.00000256. The number of hydrogen-bond acceptors (Lipinski definition) is 1. The van der Waals surface area contributed by atoms with Gasteiger partial charge in [-0.25, -0.2) is 0 Å². The molecule has 102 valence electrons. The monoisotopic (exact) mass is 241 g/mol. The van der Waals surface area contributed by atoms with Crippen LogP contribution in [0.3, 0.4) is 0 Å². The molecule has 1 saturated heterocycles. The minimum atomic E-state index is 0. The molecule has 2 heteroatoms. The van der Waals surface area contributed by atoms with E-state index in [1.54, 1.807) is 0 Å². The Hall–Kier alpha value is -0.530. The highest BCUT2D eigenvalue weighted by atomic mass is 16.2. The minimum absolute atomic E-state index is 0. The molecular weight excluding hydrogens is 210 g/mol. The first kappa shape index (κ1) is 16.5. The van der Waals surface area contributed by atoms with E-state index in [0.717, 1.165) is 19.5 Å². The molecule has 1 unspecified atom stereocenters. The summed E-state index contributed by atoms with van der Waals surface area (Å²) in [4.78, 5) is 14.1. The standard InChI is InChI=1S/C14H27NO.CH4/c1-4-7-13(10-12(2)3)11-14(16)15-8-5-6-9-15;/h12-13H,4-11H2,1-3H3;1H4. The summed E-state index contributed by atoms with van der Waals surface area (Å²) in [7, 11) is 0. The van der Waals surface area contributed by atoms with Crippen molar-refractivity contribution in [3.8, 4) is 0 Å². The van der Waals surface area contributed by atoms with Crippen molar-refractivity contribution in [1.82, 2.24) is 4.90 Å². The molecule has 1 aliphatic heterocycles. The Bertz CT molecular complexity index is 207. The lowest BCUT2D eigenvalue weighted by atomic mass is 9.90. The molecule has 0 aromatic carbocycles. The van der Waals surface area contributed by atoms with E-state index in [1.807, 2.05) is 0 Å². The minimum Gasteiger partial charge on any atom is -0.343 e. The molecular formula is C15H31NO. The Morgan fingerprint density at radius 2 is 1.82 bits per heavy atom. The van der Waals surface area contributed by atoms with Crippen LogP contribution in [-0.2, 0) is 4.79 Å². The smallest absolute Gasteiger partial charge is 0.222 e. The molecule has 1 aliphatic rings. The molecule has 0 radical (unpaired) electrons. The summed E-state index contributed by atoms with van der Waals surface area (Å²) in [5, 5.41) is 0. The molecule has 1 atom stereocenters. The van der Waals surface area contributed by atoms with Gasteiger partial charge in [0.1, 0.15) is 0 Å². The summed E-state index contributed by atoms with van der Waals surface area (Å²) < 4.78 is 0. The largest absolute Gasteiger partial charge is 0.343 e. The number of likely N-dealkylation sites (tertiary alicyclic amines) is 1. The molecule has 1 rings (SSSR count). The van der Waals surface area contributed by atoms with Crippen LogP contribution in [0.1, 0.15) is 66.7 Å². The molecule has 1 heterocycles. The van der Waals surface area contributed by atoms with Gasteiger partial charge in [-0.2, -0.15) is 0 Å². The maximum atomic E-state index is 12.0. The van der Waals surface area contributed by atoms with E-state index >= 15 is 0 Å². The van der Waals surface area contributed by atoms with E-state index in [1.165, 1.54) is 32.1 Å². The molecule has 17 heavy (non-hydrogen) atoms. The van der Waals surface area contributed by atoms with Crippen molar-refractivity contribution in [2.24, 2.45) is 11.8 Å². The van der Waals surface area contributed by atoms with Crippen molar-refractivity contribution in [2.75, 3.05) is 13.1 Å². The fourth-order valence-electron chi connectivity index (χ4n) is 2.72. The van der Waals surface area contributed by atoms with E-state index in [4.69, 9.17) is 0 Å². The lowest BCUT2D eigenvalue weighted by Gasteiger charge is -2.21. The fourth-order valence-corrected chi connectivity index (χ4v) is 2.72. The van der Waals surface area contributed by atoms with Gasteiger partial charge in [0.05, 0.1) is 0 Å². The Morgan fingerprint density at radius 3 is 2.29 bits per heavy atom. The number of carbonyl (C=O) groups is 1. The fraction of sp³-hybridized carbons (Fsp3) is 0.933. The normalized spacial score (nSPS) is 17.1. The maximum absolute atomic E-state index is 12.0. The number of carbonyl (C=O) groups excluding carboxylic acids is 1. The van der Waals surface area contributed by atoms with Gasteiger partial charge in [0.25, 0.3) is 0 Å². The second-order valence-corrected chi connectivity index (χ2v) is 5.58. The van der Waals surface area contributed by atoms with Crippen LogP contribution in [0.4, 0.5) is 0 Å². The van der Waals surface area contributed by atoms with Crippen molar-refractivity contribution in [3.05, 3.63) is 0 Å². The van der Waals surface area contributed by atoms with Gasteiger partial charge in [0.2, 0.25) is 5.91 Å². The number of hydrogen-bond donors (Lipinski definition) is 0. The number of amides is 1. The highest BCUT2D eigenvalue weighted by Gasteiger charge is 2.21. The van der Waals surface area contributed by atoms with Crippen molar-refractivity contribution in [2.45, 2.75) is 66.7 Å². The lowest BCUT2D eigenvalue weighted by molar-refractivity contribution is -0.131. The molecule has 0 aromatic rings. The summed E-state index contributed by atoms with van der Waals surface area (Å²) >= 11 is 0. The Morgan fingerprint density at radius 1 is 1.24 bits per heavy atom. The zero-order chi connectivity index (χ0) is 12.0. The van der Waals surface area contributed by atoms with Gasteiger partial charge < -0.3 is 4.90 Å². The van der Waals surface area contributed by atoms with Gasteiger partial charge in [-0.05, 0) is 31.1 Å². The van der Waals surface area contributed by atoms with E-state index in [2.05, 4.69) is 25.7 Å². The van der Waals surface area contributed by atoms with Crippen LogP contribution in [0.25, 0.3) is 0 Å². The highest BCUT2D eigenvalue weighted by molar-refractivity contribution is 5.76. The lowest BCUT2D eigenvalue weighted by Crippen LogP contribution is -2.29. The van der Waals surface area contributed by atoms with Crippen LogP contribution in [0.5, 0.6) is 0 Å². The zero-order valence-electron chi connectivity index (χ0n) is 11.2. The van der Waals surface area contributed by atoms with E-state index in [9.17, 15) is 4.79 Å². The summed E-state index contributed by atoms with van der Waals surface area (Å²) in [5.41, 5.74) is 0. The van der Waals surface area contributed by atoms with Gasteiger partial charge in [-0.15, -0.1) is 0 Å². The quantitative estimate of drug-likeness (QED) is 0.685. The molecule has 0 N–H and O–H groups in total. The predicted molar refractivity (Wildman–Crippen MR) is 75.0 cm³/mol. The van der Waals surface area contributed by atoms with Crippen LogP contribution in [0.2, 0.25) is 0 Å². The average Bonchev–Trinajstić information content (AvgIpc) is 2.69. The summed E-state index contributed by atoms with van der Waals surface area (Å²) in [5.74, 6) is 1.72. The second-order valence-electron chi connectivity index (χ2n) is 5.58. The summed E-state index contributed by atoms with van der Waals surface area (Å²) in [6.07, 6.45) is 6.80. The Kier molecular flexibility index (Phi) is 8.28. The molecule has 2 nitrogen and oxygen atoms in total. The molecule has 0 spiro atoms. The van der Waals surface area contributed by atoms with Gasteiger partial charge >= 0.3 is 0 Å². The van der Waals surface area contributed by atoms with Gasteiger partial charge in [0.15, 0.2) is 0 Å². The van der Waals surface area contributed by atoms with Crippen molar-refractivity contribution >= 4 is 5.91 Å². The first-order valence-corrected chi connectivity index (χ1v) is 6.91. The number of rotatable bonds is 6. The summed E-state index contributed by atoms with van der Waals surface area (Å²) in [6, 6.07) is 0. The molecule has 1 amide bonds. The SMILES string of the molecule is C.CCCC(CC(=O)N1CCCC1)CC(C)C. The second kappa shape index (κ2) is 8.54. The van der Waals surface area contributed by atoms with Crippen LogP contribution in [0.15, 0.2) is 0 Å². The third-order valence-corrected chi connectivity index (χ3v) is 3.42. The average molecular weight is 241 g/mol. The molecule has 0 bridgehead atoms. The van der Waals surface area contributed by atoms with E-state index in [-0.39, 0.29) is 7.43 Å². The highest BCUT2D eigenvalue weighted by Crippen LogP contribution is 2.22. The summed E-state index contributed by atoms with van der Waals surface area (Å²) in [6.45, 7) is 8.72. The molecule has 0 aliphatic carbocycles. The molecule has 0 aromatic heterocycles. The van der Waals surface area contributed by atoms with Crippen molar-refractivity contribution in [3.63, 3.8) is 0 Å². The predicted octanol–water partition coefficient (Wildman–Crippen LogP) is 4.10. The third-order valence-electron chi connectivity index (χ3n) is 3.42. The third kappa shape index (κ3) is 6.09. The van der Waals surface area contributed by atoms with Crippen LogP contribution < -0.4 is 0 Å². The van der Waals surface area contributed by atoms with E-state index < -0.39 is 0 Å². The zero-order valence-corrected chi connectivity index (χ0v) is 11.2. The van der Waals surface area contributed by atoms with Gasteiger partial charge in [-0.1, -0.05) is 41.0 Å². The van der Waals surface area contributed by atoms with Gasteiger partial charge in [-0.3, -0.25) is 4.79 Å². The maximum Gasteiger partial charge on any atom is 0.222 e. The first-order valence-electron chi connectivity index (χ1n) is 6.91. The van der Waals surface area contributed by atoms with Crippen LogP contribution >= 0.6 is 0 Å². The topological polar surface area (TPSA) is 20.3 Å². The van der Waals surface area contributed by atoms with Crippen molar-refractivity contribution < 1.29 is 4.79 Å². The first-order chi connectivity index (χ1) is 7.63. The molecule has 1 fully saturated rings. The van der Waals surface area contributed by atoms with Crippen molar-refractivity contribution in [1.29, 1.82) is 0 Å². The van der Waals surface area contributed by atoms with Crippen LogP contribution in [0, 0.1) is 11.8 Å². The molecule has 0 saturated carbocycles. The van der Waals surface area contributed by atoms with E-state index in [0.29, 0.717) is 17.7 Å². The van der Waals surface area contributed by atoms with Gasteiger partial charge in [0, 0.05) is 19.5 Å². The van der Waals surface area contributed by atoms with Crippen LogP contribution in [-0.4, -0.2) is 23.9 Å². The Labute approximate surface area is 108 Å².